The molecule has 4 rings (SSSR count). The molecule has 0 aliphatic heterocycles. The van der Waals surface area contributed by atoms with Gasteiger partial charge in [-0.3, -0.25) is 9.59 Å². The summed E-state index contributed by atoms with van der Waals surface area (Å²) >= 11 is 0. The van der Waals surface area contributed by atoms with Gasteiger partial charge in [-0.1, -0.05) is 64.2 Å². The molecule has 4 fully saturated rings. The van der Waals surface area contributed by atoms with Crippen LogP contribution in [0.2, 0.25) is 0 Å². The Kier molecular flexibility index (Phi) is 22.7. The molecule has 0 aromatic rings. The van der Waals surface area contributed by atoms with E-state index in [0.29, 0.717) is 90.9 Å². The monoisotopic (exact) mass is 711 g/mol. The van der Waals surface area contributed by atoms with Crippen molar-refractivity contribution in [3.8, 4) is 0 Å². The molecule has 0 spiro atoms. The van der Waals surface area contributed by atoms with Gasteiger partial charge in [-0.25, -0.2) is 4.79 Å². The maximum atomic E-state index is 12.4. The number of amides is 3. The molecule has 4 saturated carbocycles. The average molecular weight is 711 g/mol. The largest absolute Gasteiger partial charge is 0.453 e. The first-order valence-electron chi connectivity index (χ1n) is 19.9. The molecule has 5 N–H and O–H groups in total. The Hall–Kier alpha value is -1.99. The smallest absolute Gasteiger partial charge is 0.406 e. The van der Waals surface area contributed by atoms with Gasteiger partial charge in [-0.05, 0) is 62.2 Å². The lowest BCUT2D eigenvalue weighted by atomic mass is 9.95. The highest BCUT2D eigenvalue weighted by molar-refractivity contribution is 5.79. The minimum absolute atomic E-state index is 0.204. The van der Waals surface area contributed by atoms with Crippen LogP contribution in [0.5, 0.6) is 0 Å². The van der Waals surface area contributed by atoms with Crippen molar-refractivity contribution in [2.45, 2.75) is 103 Å². The van der Waals surface area contributed by atoms with E-state index >= 15 is 0 Å². The molecular formula is C38H70N4O8. The van der Waals surface area contributed by atoms with Crippen molar-refractivity contribution in [3.63, 3.8) is 0 Å². The maximum Gasteiger partial charge on any atom is 0.406 e. The molecular weight excluding hydrogens is 640 g/mol. The van der Waals surface area contributed by atoms with Crippen LogP contribution in [0, 0.1) is 35.5 Å². The third kappa shape index (κ3) is 22.1. The summed E-state index contributed by atoms with van der Waals surface area (Å²) in [6.45, 7) is 6.19. The zero-order valence-corrected chi connectivity index (χ0v) is 31.1. The van der Waals surface area contributed by atoms with Crippen LogP contribution in [-0.2, 0) is 33.3 Å². The summed E-state index contributed by atoms with van der Waals surface area (Å²) in [5.74, 6) is 4.13. The molecule has 0 bridgehead atoms. The van der Waals surface area contributed by atoms with Crippen molar-refractivity contribution in [1.82, 2.24) is 16.0 Å². The number of ether oxygens (including phenoxy) is 5. The predicted molar refractivity (Wildman–Crippen MR) is 194 cm³/mol. The average Bonchev–Trinajstić information content (AvgIpc) is 3.93. The molecule has 2 unspecified atom stereocenters. The second kappa shape index (κ2) is 26.7. The molecule has 0 radical (unpaired) electrons. The lowest BCUT2D eigenvalue weighted by Crippen LogP contribution is -2.34. The molecule has 12 heteroatoms. The van der Waals surface area contributed by atoms with E-state index in [4.69, 9.17) is 24.7 Å². The summed E-state index contributed by atoms with van der Waals surface area (Å²) in [5.41, 5.74) is 5.33. The van der Waals surface area contributed by atoms with Crippen molar-refractivity contribution in [2.75, 3.05) is 86.1 Å². The topological polar surface area (TPSA) is 159 Å². The highest BCUT2D eigenvalue weighted by atomic mass is 16.5. The van der Waals surface area contributed by atoms with Gasteiger partial charge in [0.25, 0.3) is 0 Å². The third-order valence-corrected chi connectivity index (χ3v) is 10.0. The molecule has 0 saturated heterocycles. The number of nitrogens with two attached hydrogens (primary N) is 1. The third-order valence-electron chi connectivity index (χ3n) is 10.0. The molecule has 4 aliphatic carbocycles. The molecule has 4 aliphatic rings. The van der Waals surface area contributed by atoms with Crippen LogP contribution in [0.4, 0.5) is 4.79 Å². The van der Waals surface area contributed by atoms with Gasteiger partial charge < -0.3 is 45.4 Å². The summed E-state index contributed by atoms with van der Waals surface area (Å²) < 4.78 is 25.9. The summed E-state index contributed by atoms with van der Waals surface area (Å²) in [5, 5.41) is 8.61. The minimum atomic E-state index is -0.460. The van der Waals surface area contributed by atoms with Gasteiger partial charge >= 0.3 is 6.09 Å². The number of nitrogens with one attached hydrogen (secondary N) is 3. The van der Waals surface area contributed by atoms with E-state index in [1.54, 1.807) is 0 Å². The minimum Gasteiger partial charge on any atom is -0.453 e. The van der Waals surface area contributed by atoms with Crippen LogP contribution < -0.4 is 21.7 Å². The van der Waals surface area contributed by atoms with Crippen molar-refractivity contribution < 1.29 is 38.1 Å². The van der Waals surface area contributed by atoms with Gasteiger partial charge in [-0.15, -0.1) is 0 Å². The Morgan fingerprint density at radius 3 is 1.32 bits per heavy atom. The first-order valence-corrected chi connectivity index (χ1v) is 19.9. The number of rotatable bonds is 31. The Morgan fingerprint density at radius 2 is 0.960 bits per heavy atom. The van der Waals surface area contributed by atoms with Gasteiger partial charge in [-0.2, -0.15) is 0 Å². The van der Waals surface area contributed by atoms with E-state index in [2.05, 4.69) is 20.7 Å². The van der Waals surface area contributed by atoms with Crippen LogP contribution >= 0.6 is 0 Å². The first-order chi connectivity index (χ1) is 24.5. The Bertz CT molecular complexity index is 911. The van der Waals surface area contributed by atoms with E-state index < -0.39 is 6.09 Å². The van der Waals surface area contributed by atoms with Crippen molar-refractivity contribution >= 4 is 17.9 Å². The Balaban J connectivity index is 0.000000274. The van der Waals surface area contributed by atoms with Crippen LogP contribution in [-0.4, -0.2) is 104 Å². The lowest BCUT2D eigenvalue weighted by Gasteiger charge is -2.16. The van der Waals surface area contributed by atoms with Gasteiger partial charge in [0, 0.05) is 38.0 Å². The number of alkyl carbamates (subject to hydrolysis) is 1. The number of carbonyl (C=O) groups excluding carboxylic acids is 3. The highest BCUT2D eigenvalue weighted by Crippen LogP contribution is 2.41. The molecule has 3 amide bonds. The van der Waals surface area contributed by atoms with Crippen LogP contribution in [0.25, 0.3) is 0 Å². The number of carbonyl (C=O) groups is 3. The second-order valence-electron chi connectivity index (χ2n) is 14.6. The number of hydrogen-bond donors (Lipinski definition) is 4. The summed E-state index contributed by atoms with van der Waals surface area (Å²) in [6.07, 6.45) is 19.9. The fourth-order valence-electron chi connectivity index (χ4n) is 6.35. The van der Waals surface area contributed by atoms with E-state index in [-0.39, 0.29) is 23.7 Å². The van der Waals surface area contributed by atoms with Crippen molar-refractivity contribution in [3.05, 3.63) is 0 Å². The van der Waals surface area contributed by atoms with Crippen LogP contribution in [0.15, 0.2) is 0 Å². The molecule has 50 heavy (non-hydrogen) atoms. The normalized spacial score (nSPS) is 18.0. The molecule has 12 nitrogen and oxygen atoms in total. The quantitative estimate of drug-likeness (QED) is 0.0756. The summed E-state index contributed by atoms with van der Waals surface area (Å²) in [7, 11) is 1.32. The summed E-state index contributed by atoms with van der Waals surface area (Å²) in [4.78, 5) is 35.6. The van der Waals surface area contributed by atoms with Gasteiger partial charge in [0.05, 0.1) is 60.0 Å². The SMILES string of the molecule is COC(=O)NCCOCCOCCNC(=O)C(CCCCC1CC1)C1CC1.NCCOCCOCCNC(=O)C(CCCCC1CC1)C1CC1. The number of hydrogen-bond acceptors (Lipinski definition) is 9. The fourth-order valence-corrected chi connectivity index (χ4v) is 6.35. The van der Waals surface area contributed by atoms with Crippen LogP contribution in [0.1, 0.15) is 103 Å². The van der Waals surface area contributed by atoms with Crippen LogP contribution in [0.3, 0.4) is 0 Å². The zero-order valence-electron chi connectivity index (χ0n) is 31.1. The Morgan fingerprint density at radius 1 is 0.560 bits per heavy atom. The second-order valence-corrected chi connectivity index (χ2v) is 14.6. The summed E-state index contributed by atoms with van der Waals surface area (Å²) in [6, 6.07) is 0. The van der Waals surface area contributed by atoms with Crippen molar-refractivity contribution in [2.24, 2.45) is 41.2 Å². The molecule has 2 atom stereocenters. The van der Waals surface area contributed by atoms with Gasteiger partial charge in [0.15, 0.2) is 0 Å². The first kappa shape index (κ1) is 42.4. The van der Waals surface area contributed by atoms with E-state index in [0.717, 1.165) is 24.7 Å². The standard InChI is InChI=1S/C20H36N2O5.C18H34N2O3/c1-25-20(24)22-11-13-27-15-14-26-12-10-21-19(23)18(17-8-9-17)5-3-2-4-16-6-7-16;19-9-11-22-13-14-23-12-10-20-18(21)17(16-7-8-16)4-2-1-3-15-5-6-15/h16-18H,2-15H2,1H3,(H,21,23)(H,22,24);15-17H,1-14,19H2,(H,20,21). The highest BCUT2D eigenvalue weighted by Gasteiger charge is 2.36. The molecule has 0 heterocycles. The van der Waals surface area contributed by atoms with E-state index in [1.807, 2.05) is 0 Å². The fraction of sp³-hybridized carbons (Fsp3) is 0.921. The van der Waals surface area contributed by atoms with E-state index in [9.17, 15) is 14.4 Å². The zero-order chi connectivity index (χ0) is 35.7. The van der Waals surface area contributed by atoms with Gasteiger partial charge in [0.2, 0.25) is 11.8 Å². The molecule has 290 valence electrons. The number of unbranched alkanes of at least 4 members (excludes halogenated alkanes) is 2. The van der Waals surface area contributed by atoms with E-state index in [1.165, 1.54) is 97.0 Å². The van der Waals surface area contributed by atoms with Gasteiger partial charge in [0.1, 0.15) is 0 Å². The maximum absolute atomic E-state index is 12.4. The Labute approximate surface area is 301 Å². The van der Waals surface area contributed by atoms with Crippen molar-refractivity contribution in [1.29, 1.82) is 0 Å². The number of methoxy groups -OCH3 is 1. The molecule has 0 aromatic carbocycles. The molecule has 0 aromatic heterocycles. The predicted octanol–water partition coefficient (Wildman–Crippen LogP) is 4.58. The lowest BCUT2D eigenvalue weighted by molar-refractivity contribution is -0.127.